The van der Waals surface area contributed by atoms with Crippen molar-refractivity contribution < 1.29 is 9.47 Å². The minimum atomic E-state index is 0.492. The molecular formula is C29H38N2O2. The van der Waals surface area contributed by atoms with Crippen molar-refractivity contribution in [3.8, 4) is 11.5 Å². The molecule has 0 spiro atoms. The standard InChI is InChI=1S/C29H38N2O2/c1-19(2)30-15-26-13-24(10-11-28(26)32-17-30)22-6-8-23(9-7-22)25-12-21(5)29-27(14-25)16-31(18-33-29)20(3)4/h8,10-14,19-20,22H,6-7,9,15-18H2,1-5H3. The smallest absolute Gasteiger partial charge is 0.142 e. The average Bonchev–Trinajstić information content (AvgIpc) is 2.83. The van der Waals surface area contributed by atoms with Crippen LogP contribution < -0.4 is 9.47 Å². The molecule has 4 heteroatoms. The zero-order chi connectivity index (χ0) is 23.1. The predicted molar refractivity (Wildman–Crippen MR) is 135 cm³/mol. The molecule has 0 bridgehead atoms. The largest absolute Gasteiger partial charge is 0.478 e. The predicted octanol–water partition coefficient (Wildman–Crippen LogP) is 6.47. The maximum atomic E-state index is 6.11. The van der Waals surface area contributed by atoms with Crippen molar-refractivity contribution in [2.24, 2.45) is 0 Å². The van der Waals surface area contributed by atoms with Crippen LogP contribution in [0, 0.1) is 6.92 Å². The van der Waals surface area contributed by atoms with Crippen molar-refractivity contribution in [2.45, 2.75) is 85.0 Å². The van der Waals surface area contributed by atoms with Gasteiger partial charge in [0.2, 0.25) is 0 Å². The van der Waals surface area contributed by atoms with E-state index in [2.05, 4.69) is 80.8 Å². The van der Waals surface area contributed by atoms with Crippen molar-refractivity contribution >= 4 is 5.57 Å². The number of fused-ring (bicyclic) bond motifs is 2. The maximum absolute atomic E-state index is 6.11. The first-order valence-electron chi connectivity index (χ1n) is 12.6. The Hall–Kier alpha value is -2.30. The molecule has 1 atom stereocenters. The molecule has 0 fully saturated rings. The summed E-state index contributed by atoms with van der Waals surface area (Å²) in [6.45, 7) is 14.5. The summed E-state index contributed by atoms with van der Waals surface area (Å²) in [5.74, 6) is 2.74. The first-order chi connectivity index (χ1) is 15.9. The van der Waals surface area contributed by atoms with Gasteiger partial charge in [0.25, 0.3) is 0 Å². The summed E-state index contributed by atoms with van der Waals surface area (Å²) >= 11 is 0. The number of aryl methyl sites for hydroxylation is 1. The minimum Gasteiger partial charge on any atom is -0.478 e. The quantitative estimate of drug-likeness (QED) is 0.538. The van der Waals surface area contributed by atoms with Gasteiger partial charge in [-0.3, -0.25) is 9.80 Å². The SMILES string of the molecule is Cc1cc(C2=CCC(c3ccc4c(c3)CN(C(C)C)CO4)CC2)cc2c1OCN(C(C)C)C2. The second-order valence-corrected chi connectivity index (χ2v) is 10.6. The lowest BCUT2D eigenvalue weighted by atomic mass is 9.81. The molecule has 5 rings (SSSR count). The van der Waals surface area contributed by atoms with Crippen molar-refractivity contribution in [1.29, 1.82) is 0 Å². The maximum Gasteiger partial charge on any atom is 0.142 e. The van der Waals surface area contributed by atoms with Crippen LogP contribution in [0.25, 0.3) is 5.57 Å². The van der Waals surface area contributed by atoms with Crippen molar-refractivity contribution in [3.05, 3.63) is 64.2 Å². The summed E-state index contributed by atoms with van der Waals surface area (Å²) in [4.78, 5) is 4.77. The Kier molecular flexibility index (Phi) is 6.24. The van der Waals surface area contributed by atoms with E-state index in [9.17, 15) is 0 Å². The third kappa shape index (κ3) is 4.56. The molecule has 2 aromatic rings. The normalized spacial score (nSPS) is 21.3. The summed E-state index contributed by atoms with van der Waals surface area (Å²) in [6.07, 6.45) is 5.91. The molecule has 0 saturated heterocycles. The van der Waals surface area contributed by atoms with E-state index in [1.165, 1.54) is 39.8 Å². The molecule has 0 saturated carbocycles. The Bertz CT molecular complexity index is 1060. The third-order valence-electron chi connectivity index (χ3n) is 7.66. The van der Waals surface area contributed by atoms with Gasteiger partial charge in [0.05, 0.1) is 0 Å². The lowest BCUT2D eigenvalue weighted by molar-refractivity contribution is 0.0680. The Morgan fingerprint density at radius 2 is 1.61 bits per heavy atom. The number of nitrogens with zero attached hydrogens (tertiary/aromatic N) is 2. The van der Waals surface area contributed by atoms with E-state index < -0.39 is 0 Å². The number of rotatable bonds is 4. The van der Waals surface area contributed by atoms with Gasteiger partial charge in [-0.1, -0.05) is 18.2 Å². The third-order valence-corrected chi connectivity index (χ3v) is 7.66. The molecule has 33 heavy (non-hydrogen) atoms. The van der Waals surface area contributed by atoms with E-state index in [0.717, 1.165) is 37.4 Å². The Labute approximate surface area is 199 Å². The number of hydrogen-bond donors (Lipinski definition) is 0. The summed E-state index contributed by atoms with van der Waals surface area (Å²) in [6, 6.07) is 12.6. The highest BCUT2D eigenvalue weighted by Crippen LogP contribution is 2.40. The first-order valence-corrected chi connectivity index (χ1v) is 12.6. The topological polar surface area (TPSA) is 24.9 Å². The molecule has 0 N–H and O–H groups in total. The van der Waals surface area contributed by atoms with Gasteiger partial charge >= 0.3 is 0 Å². The van der Waals surface area contributed by atoms with Crippen LogP contribution in [-0.4, -0.2) is 35.3 Å². The molecule has 3 aliphatic rings. The molecule has 1 aliphatic carbocycles. The lowest BCUT2D eigenvalue weighted by Crippen LogP contribution is -2.37. The van der Waals surface area contributed by atoms with Gasteiger partial charge < -0.3 is 9.47 Å². The van der Waals surface area contributed by atoms with Gasteiger partial charge in [-0.05, 0) is 100 Å². The summed E-state index contributed by atoms with van der Waals surface area (Å²) in [7, 11) is 0. The fourth-order valence-electron chi connectivity index (χ4n) is 5.37. The monoisotopic (exact) mass is 446 g/mol. The summed E-state index contributed by atoms with van der Waals surface area (Å²) in [5, 5.41) is 0. The van der Waals surface area contributed by atoms with E-state index in [1.54, 1.807) is 0 Å². The van der Waals surface area contributed by atoms with Crippen LogP contribution in [-0.2, 0) is 13.1 Å². The van der Waals surface area contributed by atoms with Crippen LogP contribution in [0.2, 0.25) is 0 Å². The summed E-state index contributed by atoms with van der Waals surface area (Å²) in [5.41, 5.74) is 8.26. The Morgan fingerprint density at radius 1 is 0.879 bits per heavy atom. The second kappa shape index (κ2) is 9.15. The molecule has 0 aromatic heterocycles. The van der Waals surface area contributed by atoms with Gasteiger partial charge in [0.1, 0.15) is 25.0 Å². The molecule has 4 nitrogen and oxygen atoms in total. The van der Waals surface area contributed by atoms with E-state index in [4.69, 9.17) is 9.47 Å². The highest BCUT2D eigenvalue weighted by atomic mass is 16.5. The molecule has 2 aromatic carbocycles. The first kappa shape index (κ1) is 22.5. The van der Waals surface area contributed by atoms with Crippen molar-refractivity contribution in [2.75, 3.05) is 13.5 Å². The van der Waals surface area contributed by atoms with Crippen LogP contribution in [0.1, 0.15) is 80.7 Å². The number of ether oxygens (including phenoxy) is 2. The fraction of sp³-hybridized carbons (Fsp3) is 0.517. The Morgan fingerprint density at radius 3 is 2.30 bits per heavy atom. The summed E-state index contributed by atoms with van der Waals surface area (Å²) < 4.78 is 12.1. The van der Waals surface area contributed by atoms with Crippen LogP contribution in [0.3, 0.4) is 0 Å². The Balaban J connectivity index is 1.33. The molecule has 0 amide bonds. The van der Waals surface area contributed by atoms with E-state index in [0.29, 0.717) is 31.5 Å². The lowest BCUT2D eigenvalue weighted by Gasteiger charge is -2.33. The van der Waals surface area contributed by atoms with Crippen LogP contribution in [0.15, 0.2) is 36.4 Å². The van der Waals surface area contributed by atoms with E-state index in [-0.39, 0.29) is 0 Å². The second-order valence-electron chi connectivity index (χ2n) is 10.6. The molecule has 0 radical (unpaired) electrons. The van der Waals surface area contributed by atoms with Gasteiger partial charge in [-0.15, -0.1) is 0 Å². The van der Waals surface area contributed by atoms with Gasteiger partial charge in [-0.2, -0.15) is 0 Å². The van der Waals surface area contributed by atoms with Crippen molar-refractivity contribution in [3.63, 3.8) is 0 Å². The number of allylic oxidation sites excluding steroid dienone is 2. The average molecular weight is 447 g/mol. The molecule has 176 valence electrons. The van der Waals surface area contributed by atoms with Gasteiger partial charge in [0, 0.05) is 36.3 Å². The zero-order valence-electron chi connectivity index (χ0n) is 20.9. The number of hydrogen-bond acceptors (Lipinski definition) is 4. The zero-order valence-corrected chi connectivity index (χ0v) is 20.9. The molecule has 1 unspecified atom stereocenters. The van der Waals surface area contributed by atoms with Crippen LogP contribution in [0.4, 0.5) is 0 Å². The highest BCUT2D eigenvalue weighted by Gasteiger charge is 2.25. The molecule has 2 aliphatic heterocycles. The minimum absolute atomic E-state index is 0.492. The highest BCUT2D eigenvalue weighted by molar-refractivity contribution is 5.69. The van der Waals surface area contributed by atoms with Gasteiger partial charge in [0.15, 0.2) is 0 Å². The van der Waals surface area contributed by atoms with E-state index in [1.807, 2.05) is 0 Å². The fourth-order valence-corrected chi connectivity index (χ4v) is 5.37. The van der Waals surface area contributed by atoms with Crippen LogP contribution in [0.5, 0.6) is 11.5 Å². The molecular weight excluding hydrogens is 408 g/mol. The molecule has 2 heterocycles. The van der Waals surface area contributed by atoms with Crippen LogP contribution >= 0.6 is 0 Å². The van der Waals surface area contributed by atoms with E-state index >= 15 is 0 Å². The number of benzene rings is 2. The van der Waals surface area contributed by atoms with Gasteiger partial charge in [-0.25, -0.2) is 0 Å². The van der Waals surface area contributed by atoms with Crippen molar-refractivity contribution in [1.82, 2.24) is 9.80 Å².